The van der Waals surface area contributed by atoms with Crippen molar-refractivity contribution in [1.82, 2.24) is 4.90 Å². The molecule has 0 amide bonds. The van der Waals surface area contributed by atoms with E-state index in [4.69, 9.17) is 0 Å². The SMILES string of the molecule is CCCCC(CC)CN(CCC)CC(C)C. The van der Waals surface area contributed by atoms with E-state index in [-0.39, 0.29) is 0 Å². The van der Waals surface area contributed by atoms with Crippen LogP contribution in [0.4, 0.5) is 0 Å². The van der Waals surface area contributed by atoms with E-state index in [0.29, 0.717) is 0 Å². The molecule has 1 unspecified atom stereocenters. The van der Waals surface area contributed by atoms with Gasteiger partial charge in [0.2, 0.25) is 0 Å². The smallest absolute Gasteiger partial charge is 0.000966 e. The normalized spacial score (nSPS) is 13.7. The number of hydrogen-bond donors (Lipinski definition) is 0. The Morgan fingerprint density at radius 1 is 0.938 bits per heavy atom. The van der Waals surface area contributed by atoms with Gasteiger partial charge in [0, 0.05) is 13.1 Å². The molecule has 0 aliphatic carbocycles. The topological polar surface area (TPSA) is 3.24 Å². The molecule has 1 nitrogen and oxygen atoms in total. The molecule has 1 heteroatoms. The summed E-state index contributed by atoms with van der Waals surface area (Å²) in [6, 6.07) is 0. The Morgan fingerprint density at radius 3 is 2.06 bits per heavy atom. The summed E-state index contributed by atoms with van der Waals surface area (Å²) in [5, 5.41) is 0. The highest BCUT2D eigenvalue weighted by molar-refractivity contribution is 4.66. The Hall–Kier alpha value is -0.0400. The molecule has 0 N–H and O–H groups in total. The molecular weight excluding hydrogens is 194 g/mol. The number of rotatable bonds is 10. The van der Waals surface area contributed by atoms with Gasteiger partial charge in [-0.05, 0) is 31.2 Å². The minimum Gasteiger partial charge on any atom is -0.303 e. The van der Waals surface area contributed by atoms with Crippen molar-refractivity contribution in [2.75, 3.05) is 19.6 Å². The largest absolute Gasteiger partial charge is 0.303 e. The van der Waals surface area contributed by atoms with Gasteiger partial charge in [-0.1, -0.05) is 53.9 Å². The van der Waals surface area contributed by atoms with Crippen LogP contribution in [0.2, 0.25) is 0 Å². The third kappa shape index (κ3) is 8.15. The van der Waals surface area contributed by atoms with Crippen molar-refractivity contribution in [3.05, 3.63) is 0 Å². The van der Waals surface area contributed by atoms with Crippen molar-refractivity contribution in [1.29, 1.82) is 0 Å². The van der Waals surface area contributed by atoms with Gasteiger partial charge < -0.3 is 4.90 Å². The van der Waals surface area contributed by atoms with Crippen LogP contribution in [0, 0.1) is 11.8 Å². The predicted octanol–water partition coefficient (Wildman–Crippen LogP) is 4.57. The van der Waals surface area contributed by atoms with Crippen LogP contribution >= 0.6 is 0 Å². The van der Waals surface area contributed by atoms with Gasteiger partial charge in [-0.2, -0.15) is 0 Å². The summed E-state index contributed by atoms with van der Waals surface area (Å²) in [4.78, 5) is 2.68. The van der Waals surface area contributed by atoms with Gasteiger partial charge in [0.15, 0.2) is 0 Å². The fourth-order valence-electron chi connectivity index (χ4n) is 2.37. The number of hydrogen-bond acceptors (Lipinski definition) is 1. The first-order valence-electron chi connectivity index (χ1n) is 7.36. The average Bonchev–Trinajstić information content (AvgIpc) is 2.23. The molecule has 0 aliphatic heterocycles. The summed E-state index contributed by atoms with van der Waals surface area (Å²) in [5.74, 6) is 1.72. The lowest BCUT2D eigenvalue weighted by molar-refractivity contribution is 0.198. The zero-order chi connectivity index (χ0) is 12.4. The van der Waals surface area contributed by atoms with E-state index in [2.05, 4.69) is 39.5 Å². The van der Waals surface area contributed by atoms with E-state index in [0.717, 1.165) is 11.8 Å². The maximum absolute atomic E-state index is 2.68. The summed E-state index contributed by atoms with van der Waals surface area (Å²) in [5.41, 5.74) is 0. The molecule has 98 valence electrons. The monoisotopic (exact) mass is 227 g/mol. The number of nitrogens with zero attached hydrogens (tertiary/aromatic N) is 1. The third-order valence-electron chi connectivity index (χ3n) is 3.22. The second-order valence-electron chi connectivity index (χ2n) is 5.57. The minimum atomic E-state index is 0.801. The maximum Gasteiger partial charge on any atom is 0.000966 e. The van der Waals surface area contributed by atoms with E-state index in [1.54, 1.807) is 0 Å². The van der Waals surface area contributed by atoms with Gasteiger partial charge in [-0.3, -0.25) is 0 Å². The zero-order valence-electron chi connectivity index (χ0n) is 12.3. The highest BCUT2D eigenvalue weighted by atomic mass is 15.1. The van der Waals surface area contributed by atoms with Crippen molar-refractivity contribution in [2.45, 2.75) is 66.7 Å². The van der Waals surface area contributed by atoms with Crippen molar-refractivity contribution in [3.8, 4) is 0 Å². The van der Waals surface area contributed by atoms with Gasteiger partial charge >= 0.3 is 0 Å². The Bertz CT molecular complexity index is 142. The van der Waals surface area contributed by atoms with Crippen LogP contribution < -0.4 is 0 Å². The third-order valence-corrected chi connectivity index (χ3v) is 3.22. The first-order valence-corrected chi connectivity index (χ1v) is 7.36. The molecule has 0 aliphatic rings. The van der Waals surface area contributed by atoms with Crippen molar-refractivity contribution in [3.63, 3.8) is 0 Å². The van der Waals surface area contributed by atoms with E-state index in [1.807, 2.05) is 0 Å². The summed E-state index contributed by atoms with van der Waals surface area (Å²) in [7, 11) is 0. The highest BCUT2D eigenvalue weighted by Gasteiger charge is 2.12. The fourth-order valence-corrected chi connectivity index (χ4v) is 2.37. The molecule has 0 radical (unpaired) electrons. The average molecular weight is 227 g/mol. The molecule has 0 spiro atoms. The second kappa shape index (κ2) is 10.1. The van der Waals surface area contributed by atoms with E-state index < -0.39 is 0 Å². The molecule has 0 fully saturated rings. The van der Waals surface area contributed by atoms with Crippen LogP contribution in [0.1, 0.15) is 66.7 Å². The first kappa shape index (κ1) is 16.0. The lowest BCUT2D eigenvalue weighted by Crippen LogP contribution is -2.33. The van der Waals surface area contributed by atoms with Gasteiger partial charge in [0.25, 0.3) is 0 Å². The second-order valence-corrected chi connectivity index (χ2v) is 5.57. The summed E-state index contributed by atoms with van der Waals surface area (Å²) >= 11 is 0. The van der Waals surface area contributed by atoms with Crippen LogP contribution in [0.25, 0.3) is 0 Å². The lowest BCUT2D eigenvalue weighted by Gasteiger charge is -2.28. The van der Waals surface area contributed by atoms with Crippen LogP contribution in [0.3, 0.4) is 0 Å². The molecular formula is C15H33N. The molecule has 0 saturated heterocycles. The van der Waals surface area contributed by atoms with Gasteiger partial charge in [0.1, 0.15) is 0 Å². The van der Waals surface area contributed by atoms with Gasteiger partial charge in [-0.25, -0.2) is 0 Å². The van der Waals surface area contributed by atoms with Crippen LogP contribution in [-0.2, 0) is 0 Å². The fraction of sp³-hybridized carbons (Fsp3) is 1.00. The lowest BCUT2D eigenvalue weighted by atomic mass is 9.98. The van der Waals surface area contributed by atoms with Crippen molar-refractivity contribution >= 4 is 0 Å². The molecule has 1 atom stereocenters. The zero-order valence-corrected chi connectivity index (χ0v) is 12.3. The molecule has 0 bridgehead atoms. The van der Waals surface area contributed by atoms with E-state index in [9.17, 15) is 0 Å². The molecule has 0 saturated carbocycles. The van der Waals surface area contributed by atoms with Crippen LogP contribution in [-0.4, -0.2) is 24.5 Å². The Labute approximate surface area is 104 Å². The predicted molar refractivity (Wildman–Crippen MR) is 74.9 cm³/mol. The summed E-state index contributed by atoms with van der Waals surface area (Å²) in [6.45, 7) is 15.5. The highest BCUT2D eigenvalue weighted by Crippen LogP contribution is 2.15. The quantitative estimate of drug-likeness (QED) is 0.528. The Balaban J connectivity index is 4.00. The van der Waals surface area contributed by atoms with E-state index >= 15 is 0 Å². The molecule has 0 aromatic carbocycles. The van der Waals surface area contributed by atoms with Gasteiger partial charge in [-0.15, -0.1) is 0 Å². The summed E-state index contributed by atoms with van der Waals surface area (Å²) in [6.07, 6.45) is 6.80. The summed E-state index contributed by atoms with van der Waals surface area (Å²) < 4.78 is 0. The Morgan fingerprint density at radius 2 is 1.62 bits per heavy atom. The molecule has 0 heterocycles. The minimum absolute atomic E-state index is 0.801. The Kier molecular flexibility index (Phi) is 10.1. The molecule has 0 aromatic rings. The molecule has 0 rings (SSSR count). The van der Waals surface area contributed by atoms with E-state index in [1.165, 1.54) is 51.7 Å². The molecule has 0 aromatic heterocycles. The first-order chi connectivity index (χ1) is 7.63. The van der Waals surface area contributed by atoms with Crippen molar-refractivity contribution in [2.24, 2.45) is 11.8 Å². The van der Waals surface area contributed by atoms with Crippen LogP contribution in [0.5, 0.6) is 0 Å². The maximum atomic E-state index is 2.68. The molecule has 16 heavy (non-hydrogen) atoms. The van der Waals surface area contributed by atoms with Gasteiger partial charge in [0.05, 0.1) is 0 Å². The standard InChI is InChI=1S/C15H33N/c1-6-9-10-15(8-3)13-16(11-7-2)12-14(4)5/h14-15H,6-13H2,1-5H3. The number of unbranched alkanes of at least 4 members (excludes halogenated alkanes) is 1. The van der Waals surface area contributed by atoms with Crippen LogP contribution in [0.15, 0.2) is 0 Å². The van der Waals surface area contributed by atoms with Crippen molar-refractivity contribution < 1.29 is 0 Å².